The van der Waals surface area contributed by atoms with Gasteiger partial charge in [-0.05, 0) is 12.1 Å². The molecule has 0 amide bonds. The lowest BCUT2D eigenvalue weighted by Crippen LogP contribution is -1.73. The van der Waals surface area contributed by atoms with E-state index in [9.17, 15) is 5.11 Å². The number of aromatic hydroxyl groups is 1. The van der Waals surface area contributed by atoms with Crippen molar-refractivity contribution in [1.29, 1.82) is 0 Å². The number of ether oxygens (including phenoxy) is 1. The number of phenols is 1. The summed E-state index contributed by atoms with van der Waals surface area (Å²) < 4.78 is 6.09. The number of rotatable bonds is 1. The van der Waals surface area contributed by atoms with Crippen LogP contribution in [0.25, 0.3) is 10.1 Å². The first-order chi connectivity index (χ1) is 6.22. The molecule has 0 spiro atoms. The Morgan fingerprint density at radius 2 is 2.23 bits per heavy atom. The summed E-state index contributed by atoms with van der Waals surface area (Å²) in [6.07, 6.45) is 0. The number of hydrogen-bond acceptors (Lipinski definition) is 3. The van der Waals surface area contributed by atoms with Crippen LogP contribution in [0.2, 0.25) is 5.02 Å². The molecule has 0 fully saturated rings. The molecule has 1 N–H and O–H groups in total. The summed E-state index contributed by atoms with van der Waals surface area (Å²) in [6.45, 7) is 0. The lowest BCUT2D eigenvalue weighted by molar-refractivity contribution is 0.427. The predicted octanol–water partition coefficient (Wildman–Crippen LogP) is 3.27. The monoisotopic (exact) mass is 214 g/mol. The molecule has 0 aliphatic rings. The van der Waals surface area contributed by atoms with E-state index in [1.807, 2.05) is 12.1 Å². The molecule has 2 aromatic rings. The lowest BCUT2D eigenvalue weighted by Gasteiger charge is -1.95. The minimum atomic E-state index is 0.106. The van der Waals surface area contributed by atoms with Crippen molar-refractivity contribution in [2.75, 3.05) is 7.11 Å². The van der Waals surface area contributed by atoms with Gasteiger partial charge in [0.1, 0.15) is 5.75 Å². The Morgan fingerprint density at radius 1 is 1.46 bits per heavy atom. The summed E-state index contributed by atoms with van der Waals surface area (Å²) in [5, 5.41) is 11.3. The van der Waals surface area contributed by atoms with Gasteiger partial charge in [0, 0.05) is 16.2 Å². The Kier molecular flexibility index (Phi) is 2.06. The second-order valence-corrected chi connectivity index (χ2v) is 4.00. The summed E-state index contributed by atoms with van der Waals surface area (Å²) in [5.41, 5.74) is 0. The van der Waals surface area contributed by atoms with E-state index in [1.54, 1.807) is 13.2 Å². The van der Waals surface area contributed by atoms with Crippen LogP contribution < -0.4 is 4.74 Å². The summed E-state index contributed by atoms with van der Waals surface area (Å²) in [5.74, 6) is 0.106. The quantitative estimate of drug-likeness (QED) is 0.790. The van der Waals surface area contributed by atoms with Crippen LogP contribution in [0.4, 0.5) is 0 Å². The first-order valence-electron chi connectivity index (χ1n) is 3.67. The molecule has 0 aliphatic carbocycles. The third kappa shape index (κ3) is 1.34. The molecule has 4 heteroatoms. The Labute approximate surface area is 84.3 Å². The molecule has 0 aliphatic heterocycles. The number of methoxy groups -OCH3 is 1. The van der Waals surface area contributed by atoms with Crippen LogP contribution >= 0.6 is 22.9 Å². The first-order valence-corrected chi connectivity index (χ1v) is 4.87. The fraction of sp³-hybridized carbons (Fsp3) is 0.111. The molecule has 0 saturated heterocycles. The number of benzene rings is 1. The third-order valence-electron chi connectivity index (χ3n) is 1.79. The fourth-order valence-electron chi connectivity index (χ4n) is 1.14. The molecule has 68 valence electrons. The predicted molar refractivity (Wildman–Crippen MR) is 55.1 cm³/mol. The maximum atomic E-state index is 9.33. The highest BCUT2D eigenvalue weighted by atomic mass is 35.5. The summed E-state index contributed by atoms with van der Waals surface area (Å²) in [6, 6.07) is 5.23. The van der Waals surface area contributed by atoms with Crippen LogP contribution in [-0.4, -0.2) is 12.2 Å². The van der Waals surface area contributed by atoms with Gasteiger partial charge in [-0.25, -0.2) is 0 Å². The Hall–Kier alpha value is -0.930. The van der Waals surface area contributed by atoms with E-state index in [-0.39, 0.29) is 5.75 Å². The van der Waals surface area contributed by atoms with Gasteiger partial charge in [-0.3, -0.25) is 0 Å². The van der Waals surface area contributed by atoms with Crippen molar-refractivity contribution in [3.05, 3.63) is 23.2 Å². The average molecular weight is 215 g/mol. The normalized spacial score (nSPS) is 10.6. The molecule has 0 atom stereocenters. The van der Waals surface area contributed by atoms with Crippen molar-refractivity contribution >= 4 is 33.0 Å². The molecule has 0 saturated carbocycles. The van der Waals surface area contributed by atoms with Crippen molar-refractivity contribution in [2.45, 2.75) is 0 Å². The molecular weight excluding hydrogens is 208 g/mol. The average Bonchev–Trinajstić information content (AvgIpc) is 2.55. The van der Waals surface area contributed by atoms with Crippen molar-refractivity contribution in [3.8, 4) is 10.8 Å². The second kappa shape index (κ2) is 3.09. The molecule has 1 heterocycles. The highest BCUT2D eigenvalue weighted by molar-refractivity contribution is 7.20. The largest absolute Gasteiger partial charge is 0.506 e. The standard InChI is InChI=1S/C9H7ClO2S/c1-12-8-4-5-7(13-8)3-2-6(11)9(5)10/h2-4,11H,1H3. The van der Waals surface area contributed by atoms with Gasteiger partial charge < -0.3 is 9.84 Å². The SMILES string of the molecule is COc1cc2c(Cl)c(O)ccc2s1. The molecule has 2 nitrogen and oxygen atoms in total. The maximum absolute atomic E-state index is 9.33. The van der Waals surface area contributed by atoms with Crippen molar-refractivity contribution in [1.82, 2.24) is 0 Å². The fourth-order valence-corrected chi connectivity index (χ4v) is 2.30. The van der Waals surface area contributed by atoms with Crippen LogP contribution in [-0.2, 0) is 0 Å². The molecule has 0 unspecified atom stereocenters. The van der Waals surface area contributed by atoms with Crippen LogP contribution in [0.15, 0.2) is 18.2 Å². The van der Waals surface area contributed by atoms with Gasteiger partial charge in [0.25, 0.3) is 0 Å². The molecule has 0 radical (unpaired) electrons. The van der Waals surface area contributed by atoms with Crippen LogP contribution in [0, 0.1) is 0 Å². The number of halogens is 1. The minimum absolute atomic E-state index is 0.106. The Morgan fingerprint density at radius 3 is 2.92 bits per heavy atom. The molecule has 13 heavy (non-hydrogen) atoms. The molecule has 1 aromatic carbocycles. The Balaban J connectivity index is 2.76. The number of fused-ring (bicyclic) bond motifs is 1. The van der Waals surface area contributed by atoms with E-state index in [2.05, 4.69) is 0 Å². The third-order valence-corrected chi connectivity index (χ3v) is 3.25. The van der Waals surface area contributed by atoms with E-state index in [0.717, 1.165) is 15.1 Å². The van der Waals surface area contributed by atoms with E-state index in [1.165, 1.54) is 11.3 Å². The highest BCUT2D eigenvalue weighted by Crippen LogP contribution is 2.39. The van der Waals surface area contributed by atoms with Crippen LogP contribution in [0.1, 0.15) is 0 Å². The molecular formula is C9H7ClO2S. The zero-order chi connectivity index (χ0) is 9.42. The number of thiophene rings is 1. The van der Waals surface area contributed by atoms with E-state index >= 15 is 0 Å². The zero-order valence-corrected chi connectivity index (χ0v) is 8.45. The first kappa shape index (κ1) is 8.66. The van der Waals surface area contributed by atoms with E-state index in [4.69, 9.17) is 16.3 Å². The smallest absolute Gasteiger partial charge is 0.174 e. The second-order valence-electron chi connectivity index (χ2n) is 2.58. The summed E-state index contributed by atoms with van der Waals surface area (Å²) >= 11 is 7.40. The molecule has 1 aromatic heterocycles. The van der Waals surface area contributed by atoms with Gasteiger partial charge in [0.2, 0.25) is 0 Å². The lowest BCUT2D eigenvalue weighted by atomic mass is 10.2. The van der Waals surface area contributed by atoms with Crippen molar-refractivity contribution < 1.29 is 9.84 Å². The maximum Gasteiger partial charge on any atom is 0.174 e. The minimum Gasteiger partial charge on any atom is -0.506 e. The number of phenolic OH excluding ortho intramolecular Hbond substituents is 1. The van der Waals surface area contributed by atoms with Gasteiger partial charge in [-0.1, -0.05) is 22.9 Å². The van der Waals surface area contributed by atoms with Gasteiger partial charge in [-0.2, -0.15) is 0 Å². The Bertz CT molecular complexity index is 450. The van der Waals surface area contributed by atoms with E-state index in [0.29, 0.717) is 5.02 Å². The van der Waals surface area contributed by atoms with Gasteiger partial charge >= 0.3 is 0 Å². The topological polar surface area (TPSA) is 29.5 Å². The van der Waals surface area contributed by atoms with Gasteiger partial charge in [0.05, 0.1) is 12.1 Å². The zero-order valence-electron chi connectivity index (χ0n) is 6.87. The highest BCUT2D eigenvalue weighted by Gasteiger charge is 2.08. The van der Waals surface area contributed by atoms with Crippen molar-refractivity contribution in [3.63, 3.8) is 0 Å². The van der Waals surface area contributed by atoms with Crippen molar-refractivity contribution in [2.24, 2.45) is 0 Å². The van der Waals surface area contributed by atoms with Crippen LogP contribution in [0.5, 0.6) is 10.8 Å². The van der Waals surface area contributed by atoms with Gasteiger partial charge in [-0.15, -0.1) is 0 Å². The molecule has 0 bridgehead atoms. The van der Waals surface area contributed by atoms with E-state index < -0.39 is 0 Å². The number of hydrogen-bond donors (Lipinski definition) is 1. The summed E-state index contributed by atoms with van der Waals surface area (Å²) in [4.78, 5) is 0. The molecule has 2 rings (SSSR count). The van der Waals surface area contributed by atoms with Crippen LogP contribution in [0.3, 0.4) is 0 Å². The van der Waals surface area contributed by atoms with Gasteiger partial charge in [0.15, 0.2) is 5.06 Å². The summed E-state index contributed by atoms with van der Waals surface area (Å²) in [7, 11) is 1.61.